The third-order valence-electron chi connectivity index (χ3n) is 3.58. The Morgan fingerprint density at radius 3 is 2.86 bits per heavy atom. The molecule has 1 aliphatic heterocycles. The molecule has 0 saturated carbocycles. The fourth-order valence-electron chi connectivity index (χ4n) is 2.67. The summed E-state index contributed by atoms with van der Waals surface area (Å²) in [6.45, 7) is 2.41. The molecule has 0 aromatic carbocycles. The second-order valence-corrected chi connectivity index (χ2v) is 7.19. The first-order chi connectivity index (χ1) is 9.95. The van der Waals surface area contributed by atoms with E-state index in [0.29, 0.717) is 12.4 Å². The zero-order valence-electron chi connectivity index (χ0n) is 11.9. The fourth-order valence-corrected chi connectivity index (χ4v) is 3.79. The number of H-pyrrole nitrogens is 1. The summed E-state index contributed by atoms with van der Waals surface area (Å²) in [6.07, 6.45) is 4.47. The Balaban J connectivity index is 2.03. The third kappa shape index (κ3) is 2.81. The quantitative estimate of drug-likeness (QED) is 0.922. The molecule has 21 heavy (non-hydrogen) atoms. The van der Waals surface area contributed by atoms with Gasteiger partial charge in [-0.25, -0.2) is 18.4 Å². The van der Waals surface area contributed by atoms with E-state index in [-0.39, 0.29) is 6.04 Å². The van der Waals surface area contributed by atoms with E-state index in [9.17, 15) is 8.42 Å². The van der Waals surface area contributed by atoms with Crippen LogP contribution >= 0.6 is 0 Å². The number of nitrogens with zero attached hydrogens (tertiary/aromatic N) is 4. The number of hydrogen-bond donors (Lipinski definition) is 1. The maximum atomic E-state index is 11.9. The maximum Gasteiger partial charge on any atom is 0.211 e. The van der Waals surface area contributed by atoms with Crippen LogP contribution in [0.15, 0.2) is 18.3 Å². The Morgan fingerprint density at radius 2 is 2.19 bits per heavy atom. The molecule has 0 spiro atoms. The van der Waals surface area contributed by atoms with Gasteiger partial charge in [0.15, 0.2) is 0 Å². The molecule has 2 aromatic heterocycles. The Kier molecular flexibility index (Phi) is 3.50. The Hall–Kier alpha value is -1.80. The fraction of sp³-hybridized carbons (Fsp3) is 0.462. The molecular formula is C13H17N5O2S. The molecule has 112 valence electrons. The molecule has 0 aliphatic carbocycles. The minimum atomic E-state index is -3.25. The molecular weight excluding hydrogens is 290 g/mol. The summed E-state index contributed by atoms with van der Waals surface area (Å²) in [5, 5.41) is 6.79. The highest BCUT2D eigenvalue weighted by Gasteiger charge is 2.34. The highest BCUT2D eigenvalue weighted by molar-refractivity contribution is 7.88. The Bertz CT molecular complexity index is 742. The lowest BCUT2D eigenvalue weighted by Crippen LogP contribution is -2.30. The lowest BCUT2D eigenvalue weighted by Gasteiger charge is -2.21. The first kappa shape index (κ1) is 14.2. The number of sulfonamides is 1. The van der Waals surface area contributed by atoms with Crippen LogP contribution in [-0.4, -0.2) is 45.7 Å². The lowest BCUT2D eigenvalue weighted by molar-refractivity contribution is 0.386. The van der Waals surface area contributed by atoms with Crippen LogP contribution in [0.5, 0.6) is 0 Å². The second-order valence-electron chi connectivity index (χ2n) is 5.25. The summed E-state index contributed by atoms with van der Waals surface area (Å²) < 4.78 is 25.2. The molecule has 3 rings (SSSR count). The van der Waals surface area contributed by atoms with Gasteiger partial charge in [-0.2, -0.15) is 9.40 Å². The van der Waals surface area contributed by atoms with Crippen LogP contribution < -0.4 is 0 Å². The van der Waals surface area contributed by atoms with Crippen LogP contribution in [0.25, 0.3) is 11.4 Å². The first-order valence-corrected chi connectivity index (χ1v) is 8.62. The number of aryl methyl sites for hydroxylation is 1. The van der Waals surface area contributed by atoms with Gasteiger partial charge in [0.1, 0.15) is 5.82 Å². The van der Waals surface area contributed by atoms with Gasteiger partial charge in [-0.15, -0.1) is 0 Å². The Labute approximate surface area is 123 Å². The predicted molar refractivity (Wildman–Crippen MR) is 77.9 cm³/mol. The average Bonchev–Trinajstić information content (AvgIpc) is 3.09. The minimum Gasteiger partial charge on any atom is -0.276 e. The van der Waals surface area contributed by atoms with Crippen molar-refractivity contribution in [2.24, 2.45) is 0 Å². The van der Waals surface area contributed by atoms with Gasteiger partial charge in [0.25, 0.3) is 0 Å². The van der Waals surface area contributed by atoms with E-state index < -0.39 is 10.0 Å². The molecule has 0 unspecified atom stereocenters. The van der Waals surface area contributed by atoms with Crippen molar-refractivity contribution >= 4 is 10.0 Å². The van der Waals surface area contributed by atoms with E-state index >= 15 is 0 Å². The van der Waals surface area contributed by atoms with Crippen LogP contribution in [-0.2, 0) is 10.0 Å². The standard InChI is InChI=1S/C13H17N5O2S/c1-9-8-11(10-5-6-14-17-10)16-13(15-9)12-4-3-7-18(12)21(2,19)20/h5-6,8,12H,3-4,7H2,1-2H3,(H,14,17)/t12-/m1/s1. The number of nitrogens with one attached hydrogen (secondary N) is 1. The molecule has 2 aromatic rings. The molecule has 0 bridgehead atoms. The second kappa shape index (κ2) is 5.19. The third-order valence-corrected chi connectivity index (χ3v) is 4.86. The van der Waals surface area contributed by atoms with Gasteiger partial charge in [-0.1, -0.05) is 0 Å². The van der Waals surface area contributed by atoms with Gasteiger partial charge in [-0.3, -0.25) is 5.10 Å². The summed E-state index contributed by atoms with van der Waals surface area (Å²) in [6, 6.07) is 3.41. The molecule has 1 N–H and O–H groups in total. The van der Waals surface area contributed by atoms with E-state index in [0.717, 1.165) is 29.9 Å². The van der Waals surface area contributed by atoms with Crippen molar-refractivity contribution in [3.63, 3.8) is 0 Å². The van der Waals surface area contributed by atoms with Gasteiger partial charge in [-0.05, 0) is 31.9 Å². The van der Waals surface area contributed by atoms with Crippen LogP contribution in [0.4, 0.5) is 0 Å². The van der Waals surface area contributed by atoms with Crippen LogP contribution in [0.3, 0.4) is 0 Å². The summed E-state index contributed by atoms with van der Waals surface area (Å²) in [7, 11) is -3.25. The maximum absolute atomic E-state index is 11.9. The average molecular weight is 307 g/mol. The summed E-state index contributed by atoms with van der Waals surface area (Å²) in [4.78, 5) is 8.97. The number of aromatic nitrogens is 4. The molecule has 1 atom stereocenters. The minimum absolute atomic E-state index is 0.276. The zero-order chi connectivity index (χ0) is 15.0. The summed E-state index contributed by atoms with van der Waals surface area (Å²) in [5.41, 5.74) is 2.34. The van der Waals surface area contributed by atoms with Crippen LogP contribution in [0, 0.1) is 6.92 Å². The van der Waals surface area contributed by atoms with Crippen molar-refractivity contribution in [3.05, 3.63) is 29.8 Å². The molecule has 7 nitrogen and oxygen atoms in total. The predicted octanol–water partition coefficient (Wildman–Crippen LogP) is 1.27. The highest BCUT2D eigenvalue weighted by Crippen LogP contribution is 2.32. The van der Waals surface area contributed by atoms with Crippen molar-refractivity contribution in [2.45, 2.75) is 25.8 Å². The van der Waals surface area contributed by atoms with Crippen molar-refractivity contribution in [3.8, 4) is 11.4 Å². The van der Waals surface area contributed by atoms with E-state index in [1.165, 1.54) is 10.6 Å². The topological polar surface area (TPSA) is 91.8 Å². The molecule has 1 fully saturated rings. The van der Waals surface area contributed by atoms with Gasteiger partial charge < -0.3 is 0 Å². The first-order valence-electron chi connectivity index (χ1n) is 6.77. The van der Waals surface area contributed by atoms with Gasteiger partial charge in [0.05, 0.1) is 23.7 Å². The van der Waals surface area contributed by atoms with Gasteiger partial charge >= 0.3 is 0 Å². The van der Waals surface area contributed by atoms with Crippen molar-refractivity contribution in [1.29, 1.82) is 0 Å². The zero-order valence-corrected chi connectivity index (χ0v) is 12.8. The number of aromatic amines is 1. The Morgan fingerprint density at radius 1 is 1.38 bits per heavy atom. The van der Waals surface area contributed by atoms with E-state index in [4.69, 9.17) is 0 Å². The number of rotatable bonds is 3. The molecule has 0 radical (unpaired) electrons. The molecule has 3 heterocycles. The largest absolute Gasteiger partial charge is 0.276 e. The molecule has 1 saturated heterocycles. The smallest absolute Gasteiger partial charge is 0.211 e. The highest BCUT2D eigenvalue weighted by atomic mass is 32.2. The van der Waals surface area contributed by atoms with Crippen molar-refractivity contribution < 1.29 is 8.42 Å². The molecule has 1 aliphatic rings. The number of hydrogen-bond acceptors (Lipinski definition) is 5. The summed E-state index contributed by atoms with van der Waals surface area (Å²) in [5.74, 6) is 0.558. The van der Waals surface area contributed by atoms with E-state index in [2.05, 4.69) is 20.2 Å². The van der Waals surface area contributed by atoms with Crippen molar-refractivity contribution in [2.75, 3.05) is 12.8 Å². The van der Waals surface area contributed by atoms with Crippen LogP contribution in [0.2, 0.25) is 0 Å². The SMILES string of the molecule is Cc1cc(-c2ccn[nH]2)nc([C@H]2CCCN2S(C)(=O)=O)n1. The van der Waals surface area contributed by atoms with Gasteiger partial charge in [0.2, 0.25) is 10.0 Å². The lowest BCUT2D eigenvalue weighted by atomic mass is 10.2. The van der Waals surface area contributed by atoms with E-state index in [1.54, 1.807) is 6.20 Å². The van der Waals surface area contributed by atoms with E-state index in [1.807, 2.05) is 19.1 Å². The van der Waals surface area contributed by atoms with Gasteiger partial charge in [0, 0.05) is 18.4 Å². The summed E-state index contributed by atoms with van der Waals surface area (Å²) >= 11 is 0. The molecule has 8 heteroatoms. The monoisotopic (exact) mass is 307 g/mol. The normalized spacial score (nSPS) is 20.0. The van der Waals surface area contributed by atoms with Crippen molar-refractivity contribution in [1.82, 2.24) is 24.5 Å². The molecule has 0 amide bonds. The van der Waals surface area contributed by atoms with Crippen LogP contribution in [0.1, 0.15) is 30.4 Å².